The predicted octanol–water partition coefficient (Wildman–Crippen LogP) is 1.53. The van der Waals surface area contributed by atoms with E-state index in [9.17, 15) is 4.79 Å². The molecule has 1 aliphatic heterocycles. The molecule has 1 saturated heterocycles. The first-order valence-corrected chi connectivity index (χ1v) is 8.41. The Morgan fingerprint density at radius 3 is 3.00 bits per heavy atom. The summed E-state index contributed by atoms with van der Waals surface area (Å²) in [6.07, 6.45) is 2.00. The van der Waals surface area contributed by atoms with Gasteiger partial charge in [0.2, 0.25) is 5.95 Å². The van der Waals surface area contributed by atoms with Crippen LogP contribution in [0, 0.1) is 17.2 Å². The number of nitrogens with one attached hydrogen (secondary N) is 1. The van der Waals surface area contributed by atoms with E-state index in [0.29, 0.717) is 29.5 Å². The van der Waals surface area contributed by atoms with Crippen LogP contribution in [-0.4, -0.2) is 36.8 Å². The van der Waals surface area contributed by atoms with Crippen molar-refractivity contribution < 1.29 is 9.47 Å². The molecule has 8 nitrogen and oxygen atoms in total. The van der Waals surface area contributed by atoms with Crippen LogP contribution in [-0.2, 0) is 0 Å². The second kappa shape index (κ2) is 7.78. The molecule has 8 heteroatoms. The van der Waals surface area contributed by atoms with Crippen LogP contribution in [0.1, 0.15) is 18.4 Å². The second-order valence-corrected chi connectivity index (χ2v) is 6.23. The number of aromatic amines is 1. The number of rotatable bonds is 5. The van der Waals surface area contributed by atoms with E-state index in [4.69, 9.17) is 20.5 Å². The van der Waals surface area contributed by atoms with Gasteiger partial charge in [0.15, 0.2) is 11.5 Å². The molecule has 26 heavy (non-hydrogen) atoms. The third-order valence-electron chi connectivity index (χ3n) is 4.36. The maximum absolute atomic E-state index is 11.6. The summed E-state index contributed by atoms with van der Waals surface area (Å²) in [5.41, 5.74) is 5.90. The third-order valence-corrected chi connectivity index (χ3v) is 4.36. The number of hydrogen-bond acceptors (Lipinski definition) is 7. The highest BCUT2D eigenvalue weighted by Crippen LogP contribution is 2.29. The van der Waals surface area contributed by atoms with Gasteiger partial charge in [-0.15, -0.1) is 0 Å². The maximum Gasteiger partial charge on any atom is 0.254 e. The van der Waals surface area contributed by atoms with E-state index >= 15 is 0 Å². The first-order chi connectivity index (χ1) is 12.6. The van der Waals surface area contributed by atoms with Gasteiger partial charge >= 0.3 is 0 Å². The summed E-state index contributed by atoms with van der Waals surface area (Å²) in [5, 5.41) is 8.97. The molecular formula is C18H21N5O3. The van der Waals surface area contributed by atoms with Gasteiger partial charge in [-0.2, -0.15) is 10.2 Å². The third kappa shape index (κ3) is 4.06. The van der Waals surface area contributed by atoms with Crippen molar-refractivity contribution in [1.82, 2.24) is 9.97 Å². The molecule has 2 aromatic rings. The zero-order chi connectivity index (χ0) is 18.5. The number of nitrogen functional groups attached to an aromatic ring is 1. The lowest BCUT2D eigenvalue weighted by Crippen LogP contribution is -2.38. The highest BCUT2D eigenvalue weighted by Gasteiger charge is 2.22. The van der Waals surface area contributed by atoms with Crippen molar-refractivity contribution in [2.75, 3.05) is 37.4 Å². The Labute approximate surface area is 151 Å². The molecule has 1 aromatic heterocycles. The molecule has 1 unspecified atom stereocenters. The van der Waals surface area contributed by atoms with Crippen molar-refractivity contribution >= 4 is 11.8 Å². The average molecular weight is 355 g/mol. The molecule has 1 fully saturated rings. The second-order valence-electron chi connectivity index (χ2n) is 6.23. The van der Waals surface area contributed by atoms with Crippen LogP contribution >= 0.6 is 0 Å². The van der Waals surface area contributed by atoms with Gasteiger partial charge in [-0.25, -0.2) is 0 Å². The fraction of sp³-hybridized carbons (Fsp3) is 0.389. The highest BCUT2D eigenvalue weighted by atomic mass is 16.5. The Morgan fingerprint density at radius 2 is 2.27 bits per heavy atom. The van der Waals surface area contributed by atoms with Gasteiger partial charge in [-0.05, 0) is 25.0 Å². The van der Waals surface area contributed by atoms with Gasteiger partial charge in [0.25, 0.3) is 5.56 Å². The summed E-state index contributed by atoms with van der Waals surface area (Å²) >= 11 is 0. The molecule has 1 atom stereocenters. The Morgan fingerprint density at radius 1 is 1.42 bits per heavy atom. The van der Waals surface area contributed by atoms with Gasteiger partial charge in [0.05, 0.1) is 25.3 Å². The van der Waals surface area contributed by atoms with Crippen molar-refractivity contribution in [3.63, 3.8) is 0 Å². The number of nitriles is 1. The van der Waals surface area contributed by atoms with Crippen molar-refractivity contribution in [3.05, 3.63) is 40.2 Å². The van der Waals surface area contributed by atoms with E-state index in [1.807, 2.05) is 0 Å². The lowest BCUT2D eigenvalue weighted by atomic mass is 9.99. The van der Waals surface area contributed by atoms with Crippen LogP contribution in [0.2, 0.25) is 0 Å². The van der Waals surface area contributed by atoms with E-state index in [-0.39, 0.29) is 17.4 Å². The molecule has 1 aliphatic rings. The normalized spacial score (nSPS) is 16.8. The number of aromatic nitrogens is 2. The number of H-pyrrole nitrogens is 1. The fourth-order valence-corrected chi connectivity index (χ4v) is 3.10. The van der Waals surface area contributed by atoms with Gasteiger partial charge < -0.3 is 20.1 Å². The maximum atomic E-state index is 11.6. The summed E-state index contributed by atoms with van der Waals surface area (Å²) in [5.74, 6) is 2.15. The largest absolute Gasteiger partial charge is 0.493 e. The first-order valence-electron chi connectivity index (χ1n) is 8.41. The number of piperidine rings is 1. The zero-order valence-corrected chi connectivity index (χ0v) is 14.6. The van der Waals surface area contributed by atoms with Crippen LogP contribution in [0.4, 0.5) is 11.8 Å². The molecule has 0 aliphatic carbocycles. The minimum absolute atomic E-state index is 0.119. The van der Waals surface area contributed by atoms with Crippen molar-refractivity contribution in [2.24, 2.45) is 5.92 Å². The molecule has 1 aromatic carbocycles. The molecule has 0 spiro atoms. The number of anilines is 2. The van der Waals surface area contributed by atoms with Crippen LogP contribution in [0.5, 0.6) is 11.5 Å². The van der Waals surface area contributed by atoms with E-state index in [2.05, 4.69) is 20.9 Å². The number of nitrogens with two attached hydrogens (primary N) is 1. The van der Waals surface area contributed by atoms with Gasteiger partial charge in [-0.1, -0.05) is 0 Å². The average Bonchev–Trinajstić information content (AvgIpc) is 2.65. The molecule has 3 N–H and O–H groups in total. The Balaban J connectivity index is 1.66. The van der Waals surface area contributed by atoms with Crippen molar-refractivity contribution in [2.45, 2.75) is 12.8 Å². The SMILES string of the molecule is COc1cc(C#N)ccc1OCC1CCCN(c2cc(=O)[nH]c(N)n2)C1. The topological polar surface area (TPSA) is 117 Å². The van der Waals surface area contributed by atoms with Crippen molar-refractivity contribution in [1.29, 1.82) is 5.26 Å². The van der Waals surface area contributed by atoms with Gasteiger partial charge in [-0.3, -0.25) is 9.78 Å². The molecule has 3 rings (SSSR count). The lowest BCUT2D eigenvalue weighted by molar-refractivity contribution is 0.220. The molecular weight excluding hydrogens is 334 g/mol. The predicted molar refractivity (Wildman–Crippen MR) is 97.4 cm³/mol. The first kappa shape index (κ1) is 17.6. The summed E-state index contributed by atoms with van der Waals surface area (Å²) < 4.78 is 11.2. The molecule has 136 valence electrons. The number of ether oxygens (including phenoxy) is 2. The minimum atomic E-state index is -0.256. The fourth-order valence-electron chi connectivity index (χ4n) is 3.10. The smallest absolute Gasteiger partial charge is 0.254 e. The van der Waals surface area contributed by atoms with Crippen molar-refractivity contribution in [3.8, 4) is 17.6 Å². The molecule has 0 amide bonds. The molecule has 0 radical (unpaired) electrons. The number of benzene rings is 1. The number of methoxy groups -OCH3 is 1. The standard InChI is InChI=1S/C18H21N5O3/c1-25-15-7-12(9-19)4-5-14(15)26-11-13-3-2-6-23(10-13)16-8-17(24)22-18(20)21-16/h4-5,7-8,13H,2-3,6,10-11H2,1H3,(H3,20,21,22,24). The van der Waals surface area contributed by atoms with Crippen LogP contribution in [0.25, 0.3) is 0 Å². The molecule has 0 saturated carbocycles. The number of nitrogens with zero attached hydrogens (tertiary/aromatic N) is 3. The lowest BCUT2D eigenvalue weighted by Gasteiger charge is -2.33. The Kier molecular flexibility index (Phi) is 5.27. The number of hydrogen-bond donors (Lipinski definition) is 2. The minimum Gasteiger partial charge on any atom is -0.493 e. The summed E-state index contributed by atoms with van der Waals surface area (Å²) in [6.45, 7) is 2.07. The van der Waals surface area contributed by atoms with E-state index in [1.54, 1.807) is 25.3 Å². The summed E-state index contributed by atoms with van der Waals surface area (Å²) in [4.78, 5) is 20.3. The van der Waals surface area contributed by atoms with Crippen LogP contribution in [0.3, 0.4) is 0 Å². The monoisotopic (exact) mass is 355 g/mol. The Bertz CT molecular complexity index is 874. The molecule has 0 bridgehead atoms. The van der Waals surface area contributed by atoms with Gasteiger partial charge in [0, 0.05) is 31.1 Å². The molecule has 2 heterocycles. The van der Waals surface area contributed by atoms with Gasteiger partial charge in [0.1, 0.15) is 5.82 Å². The zero-order valence-electron chi connectivity index (χ0n) is 14.6. The van der Waals surface area contributed by atoms with Crippen LogP contribution in [0.15, 0.2) is 29.1 Å². The summed E-state index contributed by atoms with van der Waals surface area (Å²) in [7, 11) is 1.55. The van der Waals surface area contributed by atoms with E-state index in [0.717, 1.165) is 25.9 Å². The highest BCUT2D eigenvalue weighted by molar-refractivity contribution is 5.46. The van der Waals surface area contributed by atoms with E-state index < -0.39 is 0 Å². The van der Waals surface area contributed by atoms with Crippen LogP contribution < -0.4 is 25.7 Å². The van der Waals surface area contributed by atoms with E-state index in [1.165, 1.54) is 6.07 Å². The Hall–Kier alpha value is -3.21. The quantitative estimate of drug-likeness (QED) is 0.835. The summed E-state index contributed by atoms with van der Waals surface area (Å²) in [6, 6.07) is 8.65.